The number of benzene rings is 1. The van der Waals surface area contributed by atoms with E-state index >= 15 is 0 Å². The highest BCUT2D eigenvalue weighted by Gasteiger charge is 2.57. The van der Waals surface area contributed by atoms with Crippen LogP contribution in [0.25, 0.3) is 0 Å². The summed E-state index contributed by atoms with van der Waals surface area (Å²) in [5.41, 5.74) is 0.924. The number of nitro groups is 1. The van der Waals surface area contributed by atoms with E-state index in [0.717, 1.165) is 32.1 Å². The summed E-state index contributed by atoms with van der Waals surface area (Å²) in [6.45, 7) is 0. The molecule has 4 fully saturated rings. The van der Waals surface area contributed by atoms with Gasteiger partial charge in [-0.15, -0.1) is 0 Å². The number of hydrogen-bond donors (Lipinski definition) is 1. The van der Waals surface area contributed by atoms with Crippen LogP contribution < -0.4 is 0 Å². The SMILES string of the molecule is O=[N+]([O-])c1ccc(C23C[C@@H]4C[C@@H](CC(O)(C4)C2)C3)cc1. The molecule has 5 rings (SSSR count). The zero-order valence-corrected chi connectivity index (χ0v) is 11.4. The van der Waals surface area contributed by atoms with Gasteiger partial charge in [-0.1, -0.05) is 12.1 Å². The molecule has 0 radical (unpaired) electrons. The summed E-state index contributed by atoms with van der Waals surface area (Å²) in [4.78, 5) is 10.4. The first-order chi connectivity index (χ1) is 9.48. The van der Waals surface area contributed by atoms with Gasteiger partial charge in [-0.05, 0) is 61.3 Å². The highest BCUT2D eigenvalue weighted by Crippen LogP contribution is 2.62. The fourth-order valence-corrected chi connectivity index (χ4v) is 5.49. The maximum absolute atomic E-state index is 10.8. The summed E-state index contributed by atoms with van der Waals surface area (Å²) < 4.78 is 0. The molecule has 4 saturated carbocycles. The third-order valence-electron chi connectivity index (χ3n) is 5.72. The van der Waals surface area contributed by atoms with Crippen molar-refractivity contribution in [2.45, 2.75) is 49.5 Å². The molecule has 20 heavy (non-hydrogen) atoms. The van der Waals surface area contributed by atoms with Crippen molar-refractivity contribution in [3.63, 3.8) is 0 Å². The Hall–Kier alpha value is -1.42. The fourth-order valence-electron chi connectivity index (χ4n) is 5.49. The van der Waals surface area contributed by atoms with Crippen molar-refractivity contribution < 1.29 is 10.0 Å². The third-order valence-corrected chi connectivity index (χ3v) is 5.72. The predicted molar refractivity (Wildman–Crippen MR) is 74.4 cm³/mol. The second-order valence-corrected chi connectivity index (χ2v) is 7.27. The maximum Gasteiger partial charge on any atom is 0.269 e. The first-order valence-corrected chi connectivity index (χ1v) is 7.45. The minimum Gasteiger partial charge on any atom is -0.390 e. The quantitative estimate of drug-likeness (QED) is 0.665. The van der Waals surface area contributed by atoms with Crippen LogP contribution in [0.5, 0.6) is 0 Å². The van der Waals surface area contributed by atoms with Gasteiger partial charge in [0.2, 0.25) is 0 Å². The van der Waals surface area contributed by atoms with Crippen LogP contribution in [-0.4, -0.2) is 15.6 Å². The topological polar surface area (TPSA) is 63.4 Å². The zero-order chi connectivity index (χ0) is 14.0. The summed E-state index contributed by atoms with van der Waals surface area (Å²) in [5, 5.41) is 21.5. The second-order valence-electron chi connectivity index (χ2n) is 7.27. The summed E-state index contributed by atoms with van der Waals surface area (Å²) in [7, 11) is 0. The lowest BCUT2D eigenvalue weighted by atomic mass is 9.46. The van der Waals surface area contributed by atoms with Crippen LogP contribution in [0.1, 0.15) is 44.1 Å². The van der Waals surface area contributed by atoms with E-state index in [1.54, 1.807) is 12.1 Å². The molecule has 1 aromatic carbocycles. The van der Waals surface area contributed by atoms with E-state index < -0.39 is 5.60 Å². The molecular formula is C16H19NO3. The van der Waals surface area contributed by atoms with E-state index in [-0.39, 0.29) is 16.0 Å². The van der Waals surface area contributed by atoms with E-state index in [1.807, 2.05) is 12.1 Å². The molecule has 0 aromatic heterocycles. The van der Waals surface area contributed by atoms with Crippen LogP contribution in [0.3, 0.4) is 0 Å². The average molecular weight is 273 g/mol. The monoisotopic (exact) mass is 273 g/mol. The number of aliphatic hydroxyl groups is 1. The largest absolute Gasteiger partial charge is 0.390 e. The van der Waals surface area contributed by atoms with Crippen LogP contribution in [0.15, 0.2) is 24.3 Å². The Morgan fingerprint density at radius 1 is 1.10 bits per heavy atom. The number of nitrogens with zero attached hydrogens (tertiary/aromatic N) is 1. The maximum atomic E-state index is 10.8. The molecule has 4 nitrogen and oxygen atoms in total. The Morgan fingerprint density at radius 3 is 2.20 bits per heavy atom. The molecule has 4 heteroatoms. The lowest BCUT2D eigenvalue weighted by molar-refractivity contribution is -0.384. The number of rotatable bonds is 2. The van der Waals surface area contributed by atoms with Crippen molar-refractivity contribution in [2.75, 3.05) is 0 Å². The van der Waals surface area contributed by atoms with E-state index in [9.17, 15) is 15.2 Å². The molecule has 0 amide bonds. The standard InChI is InChI=1S/C16H19NO3/c18-16-8-11-5-12(9-16)7-15(6-11,10-16)13-1-3-14(4-2-13)17(19)20/h1-4,11-12,18H,5-10H2/t11-,12+,15?,16?. The molecule has 0 aliphatic heterocycles. The van der Waals surface area contributed by atoms with Gasteiger partial charge in [0, 0.05) is 12.1 Å². The minimum absolute atomic E-state index is 0.0635. The number of hydrogen-bond acceptors (Lipinski definition) is 3. The van der Waals surface area contributed by atoms with Gasteiger partial charge in [0.15, 0.2) is 0 Å². The van der Waals surface area contributed by atoms with E-state index in [0.29, 0.717) is 11.8 Å². The molecule has 0 saturated heterocycles. The number of non-ortho nitro benzene ring substituents is 1. The summed E-state index contributed by atoms with van der Waals surface area (Å²) in [6.07, 6.45) is 6.30. The molecule has 0 spiro atoms. The van der Waals surface area contributed by atoms with Gasteiger partial charge in [0.25, 0.3) is 5.69 Å². The van der Waals surface area contributed by atoms with Crippen LogP contribution in [0, 0.1) is 22.0 Å². The van der Waals surface area contributed by atoms with Gasteiger partial charge in [-0.3, -0.25) is 10.1 Å². The van der Waals surface area contributed by atoms with E-state index in [2.05, 4.69) is 0 Å². The molecule has 4 aliphatic carbocycles. The Labute approximate surface area is 118 Å². The highest BCUT2D eigenvalue weighted by atomic mass is 16.6. The van der Waals surface area contributed by atoms with Crippen molar-refractivity contribution in [3.8, 4) is 0 Å². The second kappa shape index (κ2) is 3.82. The molecule has 106 valence electrons. The van der Waals surface area contributed by atoms with Gasteiger partial charge in [0.1, 0.15) is 0 Å². The van der Waals surface area contributed by atoms with Crippen LogP contribution in [-0.2, 0) is 5.41 Å². The molecule has 0 heterocycles. The van der Waals surface area contributed by atoms with Gasteiger partial charge >= 0.3 is 0 Å². The third kappa shape index (κ3) is 1.71. The Bertz CT molecular complexity index is 552. The van der Waals surface area contributed by atoms with Gasteiger partial charge < -0.3 is 5.11 Å². The molecule has 1 aromatic rings. The van der Waals surface area contributed by atoms with Crippen molar-refractivity contribution in [1.82, 2.24) is 0 Å². The van der Waals surface area contributed by atoms with Crippen LogP contribution in [0.2, 0.25) is 0 Å². The molecule has 1 N–H and O–H groups in total. The van der Waals surface area contributed by atoms with Crippen molar-refractivity contribution >= 4 is 5.69 Å². The van der Waals surface area contributed by atoms with Crippen molar-refractivity contribution in [1.29, 1.82) is 0 Å². The molecule has 2 unspecified atom stereocenters. The normalized spacial score (nSPS) is 41.9. The molecule has 4 bridgehead atoms. The Kier molecular flexibility index (Phi) is 2.35. The lowest BCUT2D eigenvalue weighted by Gasteiger charge is -2.60. The first-order valence-electron chi connectivity index (χ1n) is 7.45. The summed E-state index contributed by atoms with van der Waals surface area (Å²) in [6, 6.07) is 7.04. The van der Waals surface area contributed by atoms with Crippen LogP contribution >= 0.6 is 0 Å². The lowest BCUT2D eigenvalue weighted by Crippen LogP contribution is -2.57. The van der Waals surface area contributed by atoms with Crippen LogP contribution in [0.4, 0.5) is 5.69 Å². The van der Waals surface area contributed by atoms with Gasteiger partial charge in [-0.2, -0.15) is 0 Å². The minimum atomic E-state index is -0.480. The summed E-state index contributed by atoms with van der Waals surface area (Å²) in [5.74, 6) is 1.27. The molecule has 4 aliphatic rings. The van der Waals surface area contributed by atoms with E-state index in [4.69, 9.17) is 0 Å². The van der Waals surface area contributed by atoms with Gasteiger partial charge in [0.05, 0.1) is 10.5 Å². The number of nitro benzene ring substituents is 1. The predicted octanol–water partition coefficient (Wildman–Crippen LogP) is 3.18. The fraction of sp³-hybridized carbons (Fsp3) is 0.625. The van der Waals surface area contributed by atoms with E-state index in [1.165, 1.54) is 12.0 Å². The molecule has 4 atom stereocenters. The average Bonchev–Trinajstić information content (AvgIpc) is 2.36. The first kappa shape index (κ1) is 12.3. The van der Waals surface area contributed by atoms with Crippen molar-refractivity contribution in [2.24, 2.45) is 11.8 Å². The Morgan fingerprint density at radius 2 is 1.70 bits per heavy atom. The Balaban J connectivity index is 1.72. The molecular weight excluding hydrogens is 254 g/mol. The zero-order valence-electron chi connectivity index (χ0n) is 11.4. The van der Waals surface area contributed by atoms with Gasteiger partial charge in [-0.25, -0.2) is 0 Å². The smallest absolute Gasteiger partial charge is 0.269 e. The highest BCUT2D eigenvalue weighted by molar-refractivity contribution is 5.38. The summed E-state index contributed by atoms with van der Waals surface area (Å²) >= 11 is 0. The van der Waals surface area contributed by atoms with Crippen molar-refractivity contribution in [3.05, 3.63) is 39.9 Å².